The van der Waals surface area contributed by atoms with Crippen molar-refractivity contribution in [3.8, 4) is 0 Å². The number of nitrogens with zero attached hydrogens (tertiary/aromatic N) is 1. The Morgan fingerprint density at radius 3 is 1.88 bits per heavy atom. The van der Waals surface area contributed by atoms with E-state index in [1.807, 2.05) is 0 Å². The summed E-state index contributed by atoms with van der Waals surface area (Å²) in [7, 11) is -3.29. The third-order valence-electron chi connectivity index (χ3n) is 3.27. The topological polar surface area (TPSA) is 125 Å². The molecule has 0 aliphatic carbocycles. The first-order valence-electron chi connectivity index (χ1n) is 8.80. The lowest BCUT2D eigenvalue weighted by Gasteiger charge is -2.00. The second kappa shape index (κ2) is 19.1. The van der Waals surface area contributed by atoms with Gasteiger partial charge in [-0.15, -0.1) is 0 Å². The Kier molecular flexibility index (Phi) is 19.9. The minimum absolute atomic E-state index is 0.343. The van der Waals surface area contributed by atoms with Gasteiger partial charge in [-0.25, -0.2) is 0 Å². The molecular weight excluding hydrogens is 348 g/mol. The molecule has 0 unspecified atom stereocenters. The minimum Gasteiger partial charge on any atom is -0.481 e. The lowest BCUT2D eigenvalue weighted by molar-refractivity contribution is -0.137. The molecular formula is C16H34N2O6S. The molecule has 0 radical (unpaired) electrons. The van der Waals surface area contributed by atoms with Crippen LogP contribution in [0.1, 0.15) is 71.1 Å². The maximum Gasteiger partial charge on any atom is 0.397 e. The van der Waals surface area contributed by atoms with Crippen molar-refractivity contribution < 1.29 is 27.1 Å². The van der Waals surface area contributed by atoms with E-state index in [4.69, 9.17) is 9.66 Å². The molecule has 0 bridgehead atoms. The average Bonchev–Trinajstić information content (AvgIpc) is 3.13. The number of hydrogen-bond donors (Lipinski definition) is 3. The van der Waals surface area contributed by atoms with Gasteiger partial charge in [0, 0.05) is 13.0 Å². The first-order chi connectivity index (χ1) is 11.8. The third-order valence-corrected chi connectivity index (χ3v) is 3.69. The number of rotatable bonds is 11. The molecule has 0 saturated heterocycles. The number of aliphatic imine (C=N–C) groups is 1. The Hall–Kier alpha value is -1.19. The average molecular weight is 383 g/mol. The van der Waals surface area contributed by atoms with Crippen molar-refractivity contribution >= 4 is 22.7 Å². The lowest BCUT2D eigenvalue weighted by Crippen LogP contribution is -2.04. The van der Waals surface area contributed by atoms with Crippen LogP contribution in [0.3, 0.4) is 0 Å². The summed E-state index contributed by atoms with van der Waals surface area (Å²) in [5.74, 6) is -0.659. The maximum atomic E-state index is 10.2. The van der Waals surface area contributed by atoms with Crippen LogP contribution in [0.4, 0.5) is 0 Å². The zero-order valence-electron chi connectivity index (χ0n) is 15.4. The number of nitrogens with one attached hydrogen (secondary N) is 1. The monoisotopic (exact) mass is 382 g/mol. The second-order valence-electron chi connectivity index (χ2n) is 5.56. The number of aliphatic carboxylic acids is 1. The van der Waals surface area contributed by atoms with E-state index in [1.165, 1.54) is 44.9 Å². The van der Waals surface area contributed by atoms with Crippen LogP contribution in [0.15, 0.2) is 4.99 Å². The summed E-state index contributed by atoms with van der Waals surface area (Å²) in [6.45, 7) is 4.21. The molecule has 0 aromatic carbocycles. The van der Waals surface area contributed by atoms with Gasteiger partial charge in [0.1, 0.15) is 0 Å². The molecule has 1 aliphatic rings. The standard InChI is InChI=1S/C12H24O2.C3H6N2.CH4O4S/c1-2-3-4-5-6-7-8-9-10-11-12(13)14;1-2-5-3-4-1;1-5-6(2,3)4/h2-11H2,1H3,(H,13,14);3H,1-2H2,(H,4,5);1H3,(H,2,3,4). The highest BCUT2D eigenvalue weighted by Gasteiger charge is 1.96. The number of carbonyl (C=O) groups is 1. The predicted molar refractivity (Wildman–Crippen MR) is 99.4 cm³/mol. The third kappa shape index (κ3) is 31.1. The van der Waals surface area contributed by atoms with Gasteiger partial charge in [0.2, 0.25) is 0 Å². The summed E-state index contributed by atoms with van der Waals surface area (Å²) in [6.07, 6.45) is 13.2. The fourth-order valence-electron chi connectivity index (χ4n) is 1.91. The molecule has 0 aromatic heterocycles. The van der Waals surface area contributed by atoms with Gasteiger partial charge in [-0.05, 0) is 6.42 Å². The zero-order chi connectivity index (χ0) is 19.4. The zero-order valence-corrected chi connectivity index (χ0v) is 16.3. The SMILES string of the molecule is C1=NCCN1.CCCCCCCCCCCC(=O)O.COS(=O)(=O)O. The highest BCUT2D eigenvalue weighted by Crippen LogP contribution is 2.10. The highest BCUT2D eigenvalue weighted by atomic mass is 32.3. The van der Waals surface area contributed by atoms with E-state index in [9.17, 15) is 13.2 Å². The van der Waals surface area contributed by atoms with Crippen LogP contribution < -0.4 is 5.32 Å². The van der Waals surface area contributed by atoms with Crippen LogP contribution >= 0.6 is 0 Å². The molecule has 0 saturated carbocycles. The molecule has 9 heteroatoms. The van der Waals surface area contributed by atoms with Gasteiger partial charge < -0.3 is 10.4 Å². The van der Waals surface area contributed by atoms with E-state index >= 15 is 0 Å². The van der Waals surface area contributed by atoms with Crippen molar-refractivity contribution in [3.63, 3.8) is 0 Å². The van der Waals surface area contributed by atoms with E-state index in [1.54, 1.807) is 6.34 Å². The molecule has 0 fully saturated rings. The molecule has 8 nitrogen and oxygen atoms in total. The van der Waals surface area contributed by atoms with Crippen LogP contribution in [0.5, 0.6) is 0 Å². The Bertz CT molecular complexity index is 420. The first-order valence-corrected chi connectivity index (χ1v) is 10.2. The van der Waals surface area contributed by atoms with Crippen molar-refractivity contribution in [3.05, 3.63) is 0 Å². The molecule has 25 heavy (non-hydrogen) atoms. The van der Waals surface area contributed by atoms with E-state index in [0.717, 1.165) is 33.0 Å². The summed E-state index contributed by atoms with van der Waals surface area (Å²) >= 11 is 0. The minimum atomic E-state index is -4.16. The Balaban J connectivity index is 0. The number of hydrogen-bond acceptors (Lipinski definition) is 6. The van der Waals surface area contributed by atoms with Crippen LogP contribution in [-0.2, 0) is 19.4 Å². The fourth-order valence-corrected chi connectivity index (χ4v) is 1.91. The van der Waals surface area contributed by atoms with Gasteiger partial charge in [0.15, 0.2) is 0 Å². The largest absolute Gasteiger partial charge is 0.481 e. The van der Waals surface area contributed by atoms with Crippen LogP contribution in [-0.4, -0.2) is 50.6 Å². The first kappa shape index (κ1) is 26.0. The molecule has 1 aliphatic heterocycles. The second-order valence-corrected chi connectivity index (χ2v) is 6.74. The van der Waals surface area contributed by atoms with Gasteiger partial charge in [-0.1, -0.05) is 58.3 Å². The number of unbranched alkanes of at least 4 members (excludes halogenated alkanes) is 8. The van der Waals surface area contributed by atoms with Crippen LogP contribution in [0, 0.1) is 0 Å². The summed E-state index contributed by atoms with van der Waals surface area (Å²) in [5, 5.41) is 11.3. The molecule has 1 rings (SSSR count). The number of carboxylic acid groups (broad SMARTS) is 1. The molecule has 0 aromatic rings. The molecule has 150 valence electrons. The Labute approximate surface area is 152 Å². The normalized spacial score (nSPS) is 12.4. The maximum absolute atomic E-state index is 10.2. The Morgan fingerprint density at radius 2 is 1.60 bits per heavy atom. The predicted octanol–water partition coefficient (Wildman–Crippen LogP) is 3.05. The van der Waals surface area contributed by atoms with Crippen molar-refractivity contribution in [1.29, 1.82) is 0 Å². The highest BCUT2D eigenvalue weighted by molar-refractivity contribution is 7.80. The quantitative estimate of drug-likeness (QED) is 0.370. The Morgan fingerprint density at radius 1 is 1.12 bits per heavy atom. The van der Waals surface area contributed by atoms with Crippen LogP contribution in [0.2, 0.25) is 0 Å². The molecule has 3 N–H and O–H groups in total. The van der Waals surface area contributed by atoms with Gasteiger partial charge >= 0.3 is 16.4 Å². The van der Waals surface area contributed by atoms with Crippen molar-refractivity contribution in [2.24, 2.45) is 4.99 Å². The van der Waals surface area contributed by atoms with E-state index in [-0.39, 0.29) is 0 Å². The van der Waals surface area contributed by atoms with E-state index in [2.05, 4.69) is 21.4 Å². The van der Waals surface area contributed by atoms with E-state index in [0.29, 0.717) is 6.42 Å². The summed E-state index contributed by atoms with van der Waals surface area (Å²) < 4.78 is 29.7. The molecule has 1 heterocycles. The molecule has 0 spiro atoms. The van der Waals surface area contributed by atoms with Gasteiger partial charge in [-0.3, -0.25) is 18.5 Å². The van der Waals surface area contributed by atoms with E-state index < -0.39 is 16.4 Å². The van der Waals surface area contributed by atoms with Crippen molar-refractivity contribution in [1.82, 2.24) is 5.32 Å². The summed E-state index contributed by atoms with van der Waals surface area (Å²) in [5.41, 5.74) is 0. The smallest absolute Gasteiger partial charge is 0.397 e. The van der Waals surface area contributed by atoms with Gasteiger partial charge in [-0.2, -0.15) is 8.42 Å². The van der Waals surface area contributed by atoms with Gasteiger partial charge in [0.05, 0.1) is 20.0 Å². The summed E-state index contributed by atoms with van der Waals surface area (Å²) in [6, 6.07) is 0. The summed E-state index contributed by atoms with van der Waals surface area (Å²) in [4.78, 5) is 14.1. The number of carboxylic acids is 1. The molecule has 0 amide bonds. The van der Waals surface area contributed by atoms with Crippen molar-refractivity contribution in [2.45, 2.75) is 71.1 Å². The van der Waals surface area contributed by atoms with Crippen LogP contribution in [0.25, 0.3) is 0 Å². The van der Waals surface area contributed by atoms with Crippen molar-refractivity contribution in [2.75, 3.05) is 20.2 Å². The van der Waals surface area contributed by atoms with Gasteiger partial charge in [0.25, 0.3) is 0 Å². The lowest BCUT2D eigenvalue weighted by atomic mass is 10.1. The molecule has 0 atom stereocenters. The fraction of sp³-hybridized carbons (Fsp3) is 0.875.